The second-order valence-electron chi connectivity index (χ2n) is 21.2. The number of allylic oxidation sites excluding steroid dienone is 4. The van der Waals surface area contributed by atoms with Crippen LogP contribution in [0.4, 0.5) is 0 Å². The molecule has 11 heteroatoms. The van der Waals surface area contributed by atoms with Crippen LogP contribution in [0.1, 0.15) is 296 Å². The number of carbonyl (C=O) groups excluding carboxylic acids is 2. The second-order valence-corrected chi connectivity index (χ2v) is 21.2. The van der Waals surface area contributed by atoms with Gasteiger partial charge in [-0.25, -0.2) is 4.79 Å². The fourth-order valence-corrected chi connectivity index (χ4v) is 9.56. The van der Waals surface area contributed by atoms with E-state index in [0.29, 0.717) is 12.8 Å². The molecule has 6 atom stereocenters. The topological polar surface area (TPSA) is 169 Å². The number of aliphatic hydroxyl groups is 3. The summed E-state index contributed by atoms with van der Waals surface area (Å²) in [7, 11) is 0. The quantitative estimate of drug-likeness (QED) is 0.0260. The second kappa shape index (κ2) is 50.8. The largest absolute Gasteiger partial charge is 0.479 e. The normalized spacial score (nSPS) is 18.6. The first-order chi connectivity index (χ1) is 35.2. The Hall–Kier alpha value is -2.31. The van der Waals surface area contributed by atoms with Crippen molar-refractivity contribution in [3.05, 3.63) is 24.3 Å². The minimum Gasteiger partial charge on any atom is -0.479 e. The van der Waals surface area contributed by atoms with Crippen molar-refractivity contribution >= 4 is 17.9 Å². The van der Waals surface area contributed by atoms with E-state index in [1.165, 1.54) is 212 Å². The van der Waals surface area contributed by atoms with Gasteiger partial charge in [-0.3, -0.25) is 9.59 Å². The summed E-state index contributed by atoms with van der Waals surface area (Å²) < 4.78 is 21.9. The Morgan fingerprint density at radius 2 is 0.778 bits per heavy atom. The molecule has 1 fully saturated rings. The zero-order chi connectivity index (χ0) is 52.4. The predicted octanol–water partition coefficient (Wildman–Crippen LogP) is 15.7. The van der Waals surface area contributed by atoms with E-state index in [1.807, 2.05) is 0 Å². The van der Waals surface area contributed by atoms with E-state index in [0.717, 1.165) is 44.9 Å². The number of carboxylic acids is 1. The van der Waals surface area contributed by atoms with Gasteiger partial charge in [-0.2, -0.15) is 0 Å². The molecule has 0 amide bonds. The Morgan fingerprint density at radius 1 is 0.431 bits per heavy atom. The van der Waals surface area contributed by atoms with Gasteiger partial charge in [0.05, 0.1) is 6.61 Å². The minimum absolute atomic E-state index is 0.188. The molecule has 1 aliphatic rings. The molecule has 0 radical (unpaired) electrons. The smallest absolute Gasteiger partial charge is 0.335 e. The number of carboxylic acid groups (broad SMARTS) is 1. The van der Waals surface area contributed by atoms with E-state index in [4.69, 9.17) is 18.9 Å². The van der Waals surface area contributed by atoms with E-state index >= 15 is 0 Å². The summed E-state index contributed by atoms with van der Waals surface area (Å²) in [5.41, 5.74) is 0. The lowest BCUT2D eigenvalue weighted by Crippen LogP contribution is -2.60. The van der Waals surface area contributed by atoms with Crippen LogP contribution in [0.3, 0.4) is 0 Å². The summed E-state index contributed by atoms with van der Waals surface area (Å²) in [5, 5.41) is 40.1. The first-order valence-electron chi connectivity index (χ1n) is 30.4. The van der Waals surface area contributed by atoms with Gasteiger partial charge in [0.1, 0.15) is 24.9 Å². The number of unbranched alkanes of at least 4 members (excludes halogenated alkanes) is 38. The maximum Gasteiger partial charge on any atom is 0.335 e. The SMILES string of the molecule is CCCCCCC/C=C\C/C=C\CCCCCCCCCCCCCC(=O)OCC(COC1OC(C(=O)O)C(O)C(O)C1O)OC(=O)CCCCCCCCCCCCCCCCCCCCCCCCC. The van der Waals surface area contributed by atoms with Crippen molar-refractivity contribution in [3.63, 3.8) is 0 Å². The number of carbonyl (C=O) groups is 3. The van der Waals surface area contributed by atoms with Gasteiger partial charge in [-0.05, 0) is 44.9 Å². The van der Waals surface area contributed by atoms with E-state index in [1.54, 1.807) is 0 Å². The van der Waals surface area contributed by atoms with Crippen molar-refractivity contribution in [2.24, 2.45) is 0 Å². The molecule has 0 aromatic heterocycles. The van der Waals surface area contributed by atoms with Crippen molar-refractivity contribution in [3.8, 4) is 0 Å². The minimum atomic E-state index is -1.86. The molecule has 72 heavy (non-hydrogen) atoms. The van der Waals surface area contributed by atoms with Crippen molar-refractivity contribution in [2.45, 2.75) is 333 Å². The van der Waals surface area contributed by atoms with Crippen LogP contribution < -0.4 is 0 Å². The summed E-state index contributed by atoms with van der Waals surface area (Å²) in [4.78, 5) is 37.2. The van der Waals surface area contributed by atoms with Gasteiger partial charge in [0, 0.05) is 12.8 Å². The maximum absolute atomic E-state index is 12.9. The summed E-state index contributed by atoms with van der Waals surface area (Å²) in [6.07, 6.45) is 52.4. The van der Waals surface area contributed by atoms with Crippen LogP contribution in [0.5, 0.6) is 0 Å². The average molecular weight is 1020 g/mol. The molecule has 0 bridgehead atoms. The van der Waals surface area contributed by atoms with Crippen LogP contribution in [-0.2, 0) is 33.3 Å². The van der Waals surface area contributed by atoms with Crippen LogP contribution in [-0.4, -0.2) is 88.4 Å². The molecule has 0 aromatic rings. The van der Waals surface area contributed by atoms with Crippen LogP contribution in [0.15, 0.2) is 24.3 Å². The molecular weight excluding hydrogens is 909 g/mol. The van der Waals surface area contributed by atoms with E-state index in [9.17, 15) is 34.8 Å². The van der Waals surface area contributed by atoms with E-state index in [-0.39, 0.29) is 26.1 Å². The van der Waals surface area contributed by atoms with Crippen molar-refractivity contribution in [2.75, 3.05) is 13.2 Å². The maximum atomic E-state index is 12.9. The lowest BCUT2D eigenvalue weighted by atomic mass is 9.99. The highest BCUT2D eigenvalue weighted by Crippen LogP contribution is 2.24. The standard InChI is InChI=1S/C61H112O11/c1-3-5-7-9-11-13-15-17-19-21-23-25-27-29-31-33-35-37-39-41-43-45-47-49-54(62)69-51-53(52-70-61-58(66)56(64)57(65)59(72-61)60(67)68)71-55(63)50-48-46-44-42-40-38-36-34-32-30-28-26-24-22-20-18-16-14-12-10-8-6-4-2/h15,17,21,23,53,56-59,61,64-66H,3-14,16,18-20,22,24-52H2,1-2H3,(H,67,68)/b17-15-,23-21-. The molecule has 0 aromatic carbocycles. The van der Waals surface area contributed by atoms with Crippen molar-refractivity contribution in [1.82, 2.24) is 0 Å². The number of ether oxygens (including phenoxy) is 4. The third kappa shape index (κ3) is 41.0. The molecule has 1 saturated heterocycles. The Balaban J connectivity index is 2.21. The van der Waals surface area contributed by atoms with E-state index in [2.05, 4.69) is 38.2 Å². The molecule has 1 heterocycles. The fourth-order valence-electron chi connectivity index (χ4n) is 9.56. The molecule has 0 spiro atoms. The number of hydrogen-bond donors (Lipinski definition) is 4. The summed E-state index contributed by atoms with van der Waals surface area (Å²) in [6, 6.07) is 0. The molecule has 11 nitrogen and oxygen atoms in total. The zero-order valence-corrected chi connectivity index (χ0v) is 46.4. The van der Waals surface area contributed by atoms with Crippen molar-refractivity contribution < 1.29 is 53.8 Å². The zero-order valence-electron chi connectivity index (χ0n) is 46.4. The molecular formula is C61H112O11. The molecule has 6 unspecified atom stereocenters. The Morgan fingerprint density at radius 3 is 1.15 bits per heavy atom. The van der Waals surface area contributed by atoms with Gasteiger partial charge in [-0.1, -0.05) is 263 Å². The van der Waals surface area contributed by atoms with Gasteiger partial charge in [0.25, 0.3) is 0 Å². The lowest BCUT2D eigenvalue weighted by Gasteiger charge is -2.38. The van der Waals surface area contributed by atoms with Crippen LogP contribution >= 0.6 is 0 Å². The number of esters is 2. The lowest BCUT2D eigenvalue weighted by molar-refractivity contribution is -0.298. The highest BCUT2D eigenvalue weighted by molar-refractivity contribution is 5.73. The molecule has 0 saturated carbocycles. The van der Waals surface area contributed by atoms with Crippen molar-refractivity contribution in [1.29, 1.82) is 0 Å². The average Bonchev–Trinajstić information content (AvgIpc) is 3.37. The molecule has 0 aliphatic carbocycles. The van der Waals surface area contributed by atoms with Gasteiger partial charge >= 0.3 is 17.9 Å². The summed E-state index contributed by atoms with van der Waals surface area (Å²) >= 11 is 0. The van der Waals surface area contributed by atoms with Gasteiger partial charge in [-0.15, -0.1) is 0 Å². The fraction of sp³-hybridized carbons (Fsp3) is 0.885. The van der Waals surface area contributed by atoms with Crippen LogP contribution in [0.25, 0.3) is 0 Å². The number of aliphatic carboxylic acids is 1. The highest BCUT2D eigenvalue weighted by atomic mass is 16.7. The first-order valence-corrected chi connectivity index (χ1v) is 30.4. The Kier molecular flexibility index (Phi) is 47.8. The molecule has 1 rings (SSSR count). The molecule has 4 N–H and O–H groups in total. The molecule has 1 aliphatic heterocycles. The van der Waals surface area contributed by atoms with Crippen LogP contribution in [0, 0.1) is 0 Å². The summed E-state index contributed by atoms with van der Waals surface area (Å²) in [6.45, 7) is 3.87. The van der Waals surface area contributed by atoms with E-state index < -0.39 is 54.7 Å². The number of aliphatic hydroxyl groups excluding tert-OH is 3. The third-order valence-electron chi connectivity index (χ3n) is 14.3. The third-order valence-corrected chi connectivity index (χ3v) is 14.3. The monoisotopic (exact) mass is 1020 g/mol. The number of hydrogen-bond acceptors (Lipinski definition) is 10. The number of rotatable bonds is 53. The first kappa shape index (κ1) is 67.7. The Labute approximate surface area is 440 Å². The highest BCUT2D eigenvalue weighted by Gasteiger charge is 2.47. The van der Waals surface area contributed by atoms with Crippen LogP contribution in [0.2, 0.25) is 0 Å². The Bertz CT molecular complexity index is 1290. The molecule has 422 valence electrons. The van der Waals surface area contributed by atoms with Gasteiger partial charge in [0.2, 0.25) is 0 Å². The predicted molar refractivity (Wildman–Crippen MR) is 294 cm³/mol. The van der Waals surface area contributed by atoms with Gasteiger partial charge < -0.3 is 39.4 Å². The van der Waals surface area contributed by atoms with Gasteiger partial charge in [0.15, 0.2) is 18.5 Å². The summed E-state index contributed by atoms with van der Waals surface area (Å²) in [5.74, 6) is -2.42.